The molecule has 0 saturated carbocycles. The zero-order chi connectivity index (χ0) is 25.3. The van der Waals surface area contributed by atoms with Gasteiger partial charge in [0.05, 0.1) is 42.8 Å². The van der Waals surface area contributed by atoms with E-state index in [-0.39, 0.29) is 16.4 Å². The second-order valence-corrected chi connectivity index (χ2v) is 8.09. The first-order valence-corrected chi connectivity index (χ1v) is 10.7. The molecule has 11 heteroatoms. The lowest BCUT2D eigenvalue weighted by Gasteiger charge is -2.33. The molecule has 0 bridgehead atoms. The van der Waals surface area contributed by atoms with Gasteiger partial charge in [-0.05, 0) is 36.8 Å². The second-order valence-electron chi connectivity index (χ2n) is 7.70. The van der Waals surface area contributed by atoms with Crippen LogP contribution in [0.25, 0.3) is 5.69 Å². The lowest BCUT2D eigenvalue weighted by Crippen LogP contribution is -2.31. The molecule has 1 aromatic heterocycles. The van der Waals surface area contributed by atoms with E-state index >= 15 is 0 Å². The third kappa shape index (κ3) is 4.89. The number of methoxy groups -OCH3 is 1. The van der Waals surface area contributed by atoms with E-state index in [0.29, 0.717) is 17.1 Å². The van der Waals surface area contributed by atoms with Crippen molar-refractivity contribution in [2.45, 2.75) is 13.0 Å². The third-order valence-corrected chi connectivity index (χ3v) is 5.55. The van der Waals surface area contributed by atoms with Crippen LogP contribution in [0.5, 0.6) is 5.75 Å². The number of imidazole rings is 1. The van der Waals surface area contributed by atoms with E-state index in [0.717, 1.165) is 23.5 Å². The summed E-state index contributed by atoms with van der Waals surface area (Å²) in [6.45, 7) is 5.27. The Labute approximate surface area is 204 Å². The van der Waals surface area contributed by atoms with E-state index < -0.39 is 30.1 Å². The van der Waals surface area contributed by atoms with Gasteiger partial charge in [-0.15, -0.1) is 0 Å². The highest BCUT2D eigenvalue weighted by Crippen LogP contribution is 2.34. The van der Waals surface area contributed by atoms with Crippen molar-refractivity contribution in [1.29, 1.82) is 0 Å². The first-order chi connectivity index (χ1) is 16.7. The number of ether oxygens (including phenoxy) is 1. The number of aliphatic hydroxyl groups is 1. The Kier molecular flexibility index (Phi) is 6.86. The fourth-order valence-corrected chi connectivity index (χ4v) is 3.84. The Morgan fingerprint density at radius 1 is 1.20 bits per heavy atom. The maximum Gasteiger partial charge on any atom is 0.194 e. The van der Waals surface area contributed by atoms with Gasteiger partial charge in [0.25, 0.3) is 0 Å². The Morgan fingerprint density at radius 3 is 2.51 bits per heavy atom. The van der Waals surface area contributed by atoms with E-state index in [4.69, 9.17) is 16.3 Å². The van der Waals surface area contributed by atoms with Gasteiger partial charge in [0.2, 0.25) is 0 Å². The average Bonchev–Trinajstić information content (AvgIpc) is 3.26. The van der Waals surface area contributed by atoms with Crippen molar-refractivity contribution in [2.75, 3.05) is 19.0 Å². The highest BCUT2D eigenvalue weighted by molar-refractivity contribution is 6.68. The smallest absolute Gasteiger partial charge is 0.194 e. The molecule has 0 radical (unpaired) electrons. The van der Waals surface area contributed by atoms with Crippen molar-refractivity contribution in [3.63, 3.8) is 0 Å². The standard InChI is InChI=1S/C24H21ClF3N5O2/c1-13-10-32(12-29-13)20-5-4-16(8-22(20)35-3)30-19-9-23(25)31-33(14(19)2)21(11-34)15-6-17(26)24(28)18(27)7-15/h4-10,12,21,30,34H,2,11H2,1,3H3/t21-/m0/s1. The van der Waals surface area contributed by atoms with Crippen LogP contribution in [0.1, 0.15) is 17.3 Å². The number of anilines is 1. The van der Waals surface area contributed by atoms with E-state index in [1.807, 2.05) is 23.8 Å². The van der Waals surface area contributed by atoms with Crippen LogP contribution in [0.4, 0.5) is 18.9 Å². The summed E-state index contributed by atoms with van der Waals surface area (Å²) in [6.07, 6.45) is 5.05. The maximum absolute atomic E-state index is 13.8. The predicted molar refractivity (Wildman–Crippen MR) is 127 cm³/mol. The topological polar surface area (TPSA) is 74.9 Å². The quantitative estimate of drug-likeness (QED) is 0.443. The molecule has 4 rings (SSSR count). The van der Waals surface area contributed by atoms with E-state index in [1.54, 1.807) is 25.6 Å². The summed E-state index contributed by atoms with van der Waals surface area (Å²) in [7, 11) is 1.54. The van der Waals surface area contributed by atoms with Gasteiger partial charge in [0.15, 0.2) is 22.6 Å². The number of hydrogen-bond donors (Lipinski definition) is 2. The van der Waals surface area contributed by atoms with Gasteiger partial charge in [-0.3, -0.25) is 5.01 Å². The van der Waals surface area contributed by atoms with Gasteiger partial charge in [0.1, 0.15) is 11.8 Å². The van der Waals surface area contributed by atoms with Crippen LogP contribution in [0.2, 0.25) is 0 Å². The van der Waals surface area contributed by atoms with Crippen LogP contribution < -0.4 is 10.1 Å². The highest BCUT2D eigenvalue weighted by Gasteiger charge is 2.28. The lowest BCUT2D eigenvalue weighted by atomic mass is 10.0. The first kappa shape index (κ1) is 24.4. The Bertz CT molecular complexity index is 1330. The van der Waals surface area contributed by atoms with Crippen LogP contribution in [0.15, 0.2) is 72.0 Å². The Balaban J connectivity index is 1.62. The minimum absolute atomic E-state index is 0.0267. The summed E-state index contributed by atoms with van der Waals surface area (Å²) < 4.78 is 48.5. The monoisotopic (exact) mass is 503 g/mol. The van der Waals surface area contributed by atoms with Crippen molar-refractivity contribution in [2.24, 2.45) is 5.10 Å². The normalized spacial score (nSPS) is 14.5. The van der Waals surface area contributed by atoms with Gasteiger partial charge < -0.3 is 19.7 Å². The number of aromatic nitrogens is 2. The van der Waals surface area contributed by atoms with Crippen LogP contribution in [0, 0.1) is 24.4 Å². The zero-order valence-electron chi connectivity index (χ0n) is 18.8. The summed E-state index contributed by atoms with van der Waals surface area (Å²) in [5.74, 6) is -3.80. The minimum Gasteiger partial charge on any atom is -0.494 e. The zero-order valence-corrected chi connectivity index (χ0v) is 19.5. The average molecular weight is 504 g/mol. The number of hydrogen-bond acceptors (Lipinski definition) is 6. The highest BCUT2D eigenvalue weighted by atomic mass is 35.5. The molecule has 0 fully saturated rings. The molecule has 35 heavy (non-hydrogen) atoms. The van der Waals surface area contributed by atoms with Gasteiger partial charge in [-0.1, -0.05) is 18.2 Å². The summed E-state index contributed by atoms with van der Waals surface area (Å²) >= 11 is 6.21. The van der Waals surface area contributed by atoms with Crippen LogP contribution in [-0.4, -0.2) is 38.6 Å². The number of benzene rings is 2. The number of allylic oxidation sites excluding steroid dienone is 1. The van der Waals surface area contributed by atoms with Crippen LogP contribution in [0.3, 0.4) is 0 Å². The maximum atomic E-state index is 13.8. The van der Waals surface area contributed by atoms with Gasteiger partial charge in [-0.25, -0.2) is 18.2 Å². The largest absolute Gasteiger partial charge is 0.494 e. The van der Waals surface area contributed by atoms with Gasteiger partial charge in [-0.2, -0.15) is 5.10 Å². The summed E-state index contributed by atoms with van der Waals surface area (Å²) in [5.41, 5.74) is 2.89. The molecular weight excluding hydrogens is 483 g/mol. The molecule has 0 unspecified atom stereocenters. The number of halogens is 4. The molecule has 2 heterocycles. The molecule has 1 aliphatic rings. The Morgan fingerprint density at radius 2 is 1.91 bits per heavy atom. The van der Waals surface area contributed by atoms with Crippen LogP contribution in [-0.2, 0) is 0 Å². The predicted octanol–water partition coefficient (Wildman–Crippen LogP) is 5.02. The van der Waals surface area contributed by atoms with Crippen molar-refractivity contribution in [1.82, 2.24) is 14.6 Å². The summed E-state index contributed by atoms with van der Waals surface area (Å²) in [6, 6.07) is 5.91. The van der Waals surface area contributed by atoms with Crippen molar-refractivity contribution in [3.8, 4) is 11.4 Å². The molecule has 0 aliphatic carbocycles. The van der Waals surface area contributed by atoms with E-state index in [1.165, 1.54) is 11.1 Å². The SMILES string of the molecule is C=C1C(Nc2ccc(-n3cnc(C)c3)c(OC)c2)=CC(Cl)=NN1[C@@H](CO)c1cc(F)c(F)c(F)c1. The molecule has 0 amide bonds. The lowest BCUT2D eigenvalue weighted by molar-refractivity contribution is 0.159. The number of aliphatic hydroxyl groups excluding tert-OH is 1. The van der Waals surface area contributed by atoms with Crippen LogP contribution >= 0.6 is 11.6 Å². The second kappa shape index (κ2) is 9.85. The fraction of sp³-hybridized carbons (Fsp3) is 0.167. The molecule has 182 valence electrons. The fourth-order valence-electron chi connectivity index (χ4n) is 3.65. The van der Waals surface area contributed by atoms with Crippen molar-refractivity contribution < 1.29 is 23.0 Å². The van der Waals surface area contributed by atoms with E-state index in [2.05, 4.69) is 22.0 Å². The van der Waals surface area contributed by atoms with Gasteiger partial charge in [0, 0.05) is 24.0 Å². The van der Waals surface area contributed by atoms with Crippen molar-refractivity contribution >= 4 is 22.5 Å². The molecule has 3 aromatic rings. The first-order valence-electron chi connectivity index (χ1n) is 10.4. The Hall–Kier alpha value is -3.76. The molecule has 1 atom stereocenters. The number of nitrogens with one attached hydrogen (secondary N) is 1. The third-order valence-electron chi connectivity index (χ3n) is 5.36. The molecule has 0 saturated heterocycles. The van der Waals surface area contributed by atoms with Gasteiger partial charge >= 0.3 is 0 Å². The summed E-state index contributed by atoms with van der Waals surface area (Å²) in [5, 5.41) is 18.5. The molecule has 2 N–H and O–H groups in total. The molecule has 1 aliphatic heterocycles. The summed E-state index contributed by atoms with van der Waals surface area (Å²) in [4.78, 5) is 4.23. The molecule has 0 spiro atoms. The number of hydrazone groups is 1. The molecular formula is C24H21ClF3N5O2. The number of nitrogens with zero attached hydrogens (tertiary/aromatic N) is 4. The number of aryl methyl sites for hydroxylation is 1. The number of rotatable bonds is 7. The van der Waals surface area contributed by atoms with E-state index in [9.17, 15) is 18.3 Å². The molecule has 7 nitrogen and oxygen atoms in total. The van der Waals surface area contributed by atoms with Crippen molar-refractivity contribution in [3.05, 3.63) is 95.6 Å². The molecule has 2 aromatic carbocycles. The minimum atomic E-state index is -1.60.